The first-order valence-electron chi connectivity index (χ1n) is 6.95. The summed E-state index contributed by atoms with van der Waals surface area (Å²) in [4.78, 5) is 18.3. The Balaban J connectivity index is 1.78. The van der Waals surface area contributed by atoms with Crippen molar-refractivity contribution in [3.8, 4) is 0 Å². The maximum absolute atomic E-state index is 11.2. The van der Waals surface area contributed by atoms with Crippen LogP contribution in [0.25, 0.3) is 11.0 Å². The minimum absolute atomic E-state index is 0.414. The summed E-state index contributed by atoms with van der Waals surface area (Å²) in [7, 11) is 3.98. The van der Waals surface area contributed by atoms with Crippen LogP contribution < -0.4 is 0 Å². The molecule has 0 spiro atoms. The molecule has 0 aliphatic carbocycles. The highest BCUT2D eigenvalue weighted by atomic mass is 32.1. The topological polar surface area (TPSA) is 58.4 Å². The molecule has 1 N–H and O–H groups in total. The molecule has 0 amide bonds. The number of aryl methyl sites for hydroxylation is 1. The lowest BCUT2D eigenvalue weighted by Crippen LogP contribution is -2.20. The highest BCUT2D eigenvalue weighted by Crippen LogP contribution is 2.20. The van der Waals surface area contributed by atoms with E-state index in [0.717, 1.165) is 22.4 Å². The SMILES string of the molecule is CN(Cc1ccsc1C(=O)O)Cc1nc2ccccc2n1C. The maximum Gasteiger partial charge on any atom is 0.346 e. The van der Waals surface area contributed by atoms with Crippen LogP contribution in [0.15, 0.2) is 35.7 Å². The fourth-order valence-electron chi connectivity index (χ4n) is 2.57. The van der Waals surface area contributed by atoms with Crippen molar-refractivity contribution in [1.29, 1.82) is 0 Å². The average molecular weight is 315 g/mol. The molecule has 22 heavy (non-hydrogen) atoms. The number of aromatic nitrogens is 2. The third-order valence-corrected chi connectivity index (χ3v) is 4.62. The van der Waals surface area contributed by atoms with Gasteiger partial charge in [-0.05, 0) is 36.2 Å². The zero-order valence-corrected chi connectivity index (χ0v) is 13.3. The van der Waals surface area contributed by atoms with Gasteiger partial charge in [0.2, 0.25) is 0 Å². The Hall–Kier alpha value is -2.18. The molecule has 1 aromatic carbocycles. The van der Waals surface area contributed by atoms with Gasteiger partial charge in [0, 0.05) is 13.6 Å². The van der Waals surface area contributed by atoms with Crippen LogP contribution in [0.2, 0.25) is 0 Å². The van der Waals surface area contributed by atoms with E-state index >= 15 is 0 Å². The molecule has 0 aliphatic rings. The van der Waals surface area contributed by atoms with Crippen LogP contribution in [-0.2, 0) is 20.1 Å². The second-order valence-electron chi connectivity index (χ2n) is 5.33. The molecule has 114 valence electrons. The third kappa shape index (κ3) is 2.75. The van der Waals surface area contributed by atoms with Crippen LogP contribution in [-0.4, -0.2) is 32.6 Å². The van der Waals surface area contributed by atoms with Gasteiger partial charge in [0.1, 0.15) is 10.7 Å². The Morgan fingerprint density at radius 3 is 2.82 bits per heavy atom. The van der Waals surface area contributed by atoms with Gasteiger partial charge in [-0.1, -0.05) is 12.1 Å². The fraction of sp³-hybridized carbons (Fsp3) is 0.250. The fourth-order valence-corrected chi connectivity index (χ4v) is 3.33. The van der Waals surface area contributed by atoms with Crippen LogP contribution in [0.4, 0.5) is 0 Å². The third-order valence-electron chi connectivity index (χ3n) is 3.67. The van der Waals surface area contributed by atoms with E-state index < -0.39 is 5.97 Å². The van der Waals surface area contributed by atoms with Gasteiger partial charge < -0.3 is 9.67 Å². The largest absolute Gasteiger partial charge is 0.477 e. The number of para-hydroxylation sites is 2. The van der Waals surface area contributed by atoms with Gasteiger partial charge in [-0.25, -0.2) is 9.78 Å². The minimum Gasteiger partial charge on any atom is -0.477 e. The summed E-state index contributed by atoms with van der Waals surface area (Å²) in [6.45, 7) is 1.26. The van der Waals surface area contributed by atoms with Crippen molar-refractivity contribution >= 4 is 28.3 Å². The number of thiophene rings is 1. The minimum atomic E-state index is -0.860. The summed E-state index contributed by atoms with van der Waals surface area (Å²) in [5.41, 5.74) is 2.93. The Kier molecular flexibility index (Phi) is 3.96. The van der Waals surface area contributed by atoms with E-state index in [2.05, 4.69) is 14.5 Å². The number of benzene rings is 1. The number of hydrogen-bond acceptors (Lipinski definition) is 4. The molecule has 6 heteroatoms. The molecule has 2 heterocycles. The molecule has 0 saturated carbocycles. The van der Waals surface area contributed by atoms with Gasteiger partial charge in [0.25, 0.3) is 0 Å². The standard InChI is InChI=1S/C16H17N3O2S/c1-18(9-11-7-8-22-15(11)16(20)21)10-14-17-12-5-3-4-6-13(12)19(14)2/h3-8H,9-10H2,1-2H3,(H,20,21). The number of rotatable bonds is 5. The molecule has 3 aromatic rings. The van der Waals surface area contributed by atoms with Gasteiger partial charge in [-0.15, -0.1) is 11.3 Å². The Morgan fingerprint density at radius 2 is 2.09 bits per heavy atom. The lowest BCUT2D eigenvalue weighted by Gasteiger charge is -2.16. The van der Waals surface area contributed by atoms with Gasteiger partial charge in [-0.3, -0.25) is 4.90 Å². The second-order valence-corrected chi connectivity index (χ2v) is 6.24. The molecular formula is C16H17N3O2S. The van der Waals surface area contributed by atoms with Crippen molar-refractivity contribution in [2.24, 2.45) is 7.05 Å². The van der Waals surface area contributed by atoms with E-state index in [1.807, 2.05) is 49.8 Å². The first-order valence-corrected chi connectivity index (χ1v) is 7.82. The van der Waals surface area contributed by atoms with Crippen molar-refractivity contribution < 1.29 is 9.90 Å². The number of carboxylic acids is 1. The molecule has 0 radical (unpaired) electrons. The first-order chi connectivity index (χ1) is 10.6. The van der Waals surface area contributed by atoms with Gasteiger partial charge in [-0.2, -0.15) is 0 Å². The summed E-state index contributed by atoms with van der Waals surface area (Å²) < 4.78 is 2.08. The molecule has 0 saturated heterocycles. The zero-order valence-electron chi connectivity index (χ0n) is 12.5. The van der Waals surface area contributed by atoms with Gasteiger partial charge in [0.15, 0.2) is 0 Å². The monoisotopic (exact) mass is 315 g/mol. The van der Waals surface area contributed by atoms with Gasteiger partial charge >= 0.3 is 5.97 Å². The maximum atomic E-state index is 11.2. The molecule has 0 fully saturated rings. The molecule has 3 rings (SSSR count). The van der Waals surface area contributed by atoms with E-state index in [1.165, 1.54) is 11.3 Å². The number of hydrogen-bond donors (Lipinski definition) is 1. The Bertz CT molecular complexity index is 822. The Morgan fingerprint density at radius 1 is 1.32 bits per heavy atom. The second kappa shape index (κ2) is 5.90. The first kappa shape index (κ1) is 14.7. The summed E-state index contributed by atoms with van der Waals surface area (Å²) >= 11 is 1.27. The lowest BCUT2D eigenvalue weighted by molar-refractivity contribution is 0.0700. The molecule has 0 bridgehead atoms. The van der Waals surface area contributed by atoms with Crippen LogP contribution in [0.1, 0.15) is 21.1 Å². The summed E-state index contributed by atoms with van der Waals surface area (Å²) in [5, 5.41) is 11.0. The quantitative estimate of drug-likeness (QED) is 0.786. The van der Waals surface area contributed by atoms with Crippen LogP contribution in [0.5, 0.6) is 0 Å². The van der Waals surface area contributed by atoms with E-state index in [1.54, 1.807) is 0 Å². The Labute approximate surface area is 132 Å². The highest BCUT2D eigenvalue weighted by Gasteiger charge is 2.15. The summed E-state index contributed by atoms with van der Waals surface area (Å²) in [5.74, 6) is 0.108. The van der Waals surface area contributed by atoms with E-state index in [0.29, 0.717) is 18.0 Å². The van der Waals surface area contributed by atoms with E-state index in [4.69, 9.17) is 0 Å². The van der Waals surface area contributed by atoms with Crippen LogP contribution in [0.3, 0.4) is 0 Å². The number of carbonyl (C=O) groups is 1. The number of aromatic carboxylic acids is 1. The molecule has 0 aliphatic heterocycles. The van der Waals surface area contributed by atoms with Gasteiger partial charge in [0.05, 0.1) is 17.6 Å². The van der Waals surface area contributed by atoms with Crippen molar-refractivity contribution in [2.75, 3.05) is 7.05 Å². The van der Waals surface area contributed by atoms with E-state index in [-0.39, 0.29) is 0 Å². The van der Waals surface area contributed by atoms with E-state index in [9.17, 15) is 9.90 Å². The molecule has 2 aromatic heterocycles. The van der Waals surface area contributed by atoms with Crippen LogP contribution in [0, 0.1) is 0 Å². The molecule has 0 atom stereocenters. The summed E-state index contributed by atoms with van der Waals surface area (Å²) in [6.07, 6.45) is 0. The summed E-state index contributed by atoms with van der Waals surface area (Å²) in [6, 6.07) is 9.91. The average Bonchev–Trinajstić information content (AvgIpc) is 3.05. The number of fused-ring (bicyclic) bond motifs is 1. The predicted octanol–water partition coefficient (Wildman–Crippen LogP) is 2.97. The van der Waals surface area contributed by atoms with Crippen molar-refractivity contribution in [1.82, 2.24) is 14.5 Å². The molecular weight excluding hydrogens is 298 g/mol. The highest BCUT2D eigenvalue weighted by molar-refractivity contribution is 7.12. The zero-order chi connectivity index (χ0) is 15.7. The smallest absolute Gasteiger partial charge is 0.346 e. The van der Waals surface area contributed by atoms with Crippen LogP contribution >= 0.6 is 11.3 Å². The number of imidazole rings is 1. The number of carboxylic acid groups (broad SMARTS) is 1. The molecule has 0 unspecified atom stereocenters. The van der Waals surface area contributed by atoms with Crippen molar-refractivity contribution in [3.05, 3.63) is 52.0 Å². The predicted molar refractivity (Wildman–Crippen MR) is 87.2 cm³/mol. The van der Waals surface area contributed by atoms with Crippen molar-refractivity contribution in [3.63, 3.8) is 0 Å². The lowest BCUT2D eigenvalue weighted by atomic mass is 10.2. The van der Waals surface area contributed by atoms with Crippen molar-refractivity contribution in [2.45, 2.75) is 13.1 Å². The molecule has 5 nitrogen and oxygen atoms in total. The normalized spacial score (nSPS) is 11.4. The number of nitrogens with zero attached hydrogens (tertiary/aromatic N) is 3.